The van der Waals surface area contributed by atoms with Gasteiger partial charge < -0.3 is 20.5 Å². The maximum absolute atomic E-state index is 14.3. The van der Waals surface area contributed by atoms with E-state index in [0.717, 1.165) is 6.20 Å². The van der Waals surface area contributed by atoms with Crippen molar-refractivity contribution in [1.82, 2.24) is 20.5 Å². The van der Waals surface area contributed by atoms with Crippen molar-refractivity contribution in [2.75, 3.05) is 0 Å². The van der Waals surface area contributed by atoms with Gasteiger partial charge in [0.2, 0.25) is 11.8 Å². The Morgan fingerprint density at radius 1 is 1.38 bits per heavy atom. The lowest BCUT2D eigenvalue weighted by atomic mass is 9.75. The minimum Gasteiger partial charge on any atom is -0.484 e. The number of benzene rings is 1. The third kappa shape index (κ3) is 4.48. The lowest BCUT2D eigenvalue weighted by Gasteiger charge is -2.49. The van der Waals surface area contributed by atoms with Crippen LogP contribution in [0.4, 0.5) is 4.39 Å². The van der Waals surface area contributed by atoms with Crippen LogP contribution >= 0.6 is 0 Å². The van der Waals surface area contributed by atoms with Crippen molar-refractivity contribution < 1.29 is 23.8 Å². The number of rotatable bonds is 6. The van der Waals surface area contributed by atoms with Gasteiger partial charge in [0.25, 0.3) is 0 Å². The third-order valence-corrected chi connectivity index (χ3v) is 8.79. The number of guanidine groups is 1. The van der Waals surface area contributed by atoms with E-state index in [1.54, 1.807) is 32.9 Å². The van der Waals surface area contributed by atoms with Gasteiger partial charge in [0.1, 0.15) is 28.3 Å². The van der Waals surface area contributed by atoms with Crippen molar-refractivity contribution in [2.45, 2.75) is 75.8 Å². The summed E-state index contributed by atoms with van der Waals surface area (Å²) < 4.78 is 20.3. The molecule has 2 fully saturated rings. The lowest BCUT2D eigenvalue weighted by Crippen LogP contribution is -2.62. The van der Waals surface area contributed by atoms with Gasteiger partial charge in [-0.1, -0.05) is 31.0 Å². The van der Waals surface area contributed by atoms with Crippen LogP contribution in [0.1, 0.15) is 70.2 Å². The Bertz CT molecular complexity index is 1400. The molecule has 9 nitrogen and oxygen atoms in total. The molecule has 2 aromatic rings. The molecule has 0 spiro atoms. The molecule has 5 rings (SSSR count). The molecule has 1 saturated carbocycles. The smallest absolute Gasteiger partial charge is 0.233 e. The summed E-state index contributed by atoms with van der Waals surface area (Å²) in [5, 5.41) is 26.2. The standard InChI is InChI=1S/C30H34FN5O4/c1-6-30(7-2)14-23(37)36(27(32)35-30)24(17-12-18(31)16-33-15-17)20-13-21(20)26(38)34-25-19-10-8-9-11-22(19)40-28(3,4)29(25,5)39/h1,8-12,15-16,20-21,24-25,39H,7,13-14H2,2-5H3,(H2,32,35)(H,34,38)/t20-,21-,24?,25?,29?,30-/m1/s1. The van der Waals surface area contributed by atoms with Gasteiger partial charge in [-0.2, -0.15) is 0 Å². The van der Waals surface area contributed by atoms with E-state index < -0.39 is 46.5 Å². The minimum absolute atomic E-state index is 0.0397. The number of pyridine rings is 1. The minimum atomic E-state index is -1.44. The molecule has 3 heterocycles. The molecule has 3 unspecified atom stereocenters. The monoisotopic (exact) mass is 547 g/mol. The zero-order chi connectivity index (χ0) is 29.0. The molecule has 6 atom stereocenters. The van der Waals surface area contributed by atoms with Crippen LogP contribution in [0.15, 0.2) is 42.7 Å². The molecule has 1 aromatic heterocycles. The van der Waals surface area contributed by atoms with E-state index in [1.165, 1.54) is 17.2 Å². The lowest BCUT2D eigenvalue weighted by molar-refractivity contribution is -0.148. The molecule has 3 aliphatic rings. The van der Waals surface area contributed by atoms with E-state index in [9.17, 15) is 19.1 Å². The number of terminal acetylenes is 1. The van der Waals surface area contributed by atoms with Gasteiger partial charge in [-0.3, -0.25) is 24.9 Å². The molecule has 2 aliphatic heterocycles. The van der Waals surface area contributed by atoms with Crippen LogP contribution in [0.25, 0.3) is 0 Å². The molecule has 10 heteroatoms. The Morgan fingerprint density at radius 2 is 2.10 bits per heavy atom. The molecule has 1 aliphatic carbocycles. The highest BCUT2D eigenvalue weighted by Gasteiger charge is 2.57. The number of amides is 2. The van der Waals surface area contributed by atoms with E-state index in [0.29, 0.717) is 29.7 Å². The molecular formula is C30H34FN5O4. The summed E-state index contributed by atoms with van der Waals surface area (Å²) in [6.07, 6.45) is 9.01. The maximum Gasteiger partial charge on any atom is 0.233 e. The second kappa shape index (κ2) is 9.59. The predicted octanol–water partition coefficient (Wildman–Crippen LogP) is 3.22. The first-order valence-corrected chi connectivity index (χ1v) is 13.4. The fourth-order valence-electron chi connectivity index (χ4n) is 5.85. The number of carbonyl (C=O) groups is 2. The SMILES string of the molecule is C#C[C@@]1(CC)CC(=O)N(C(c2cncc(F)c2)[C@@H]2C[C@H]2C(=O)NC2c3ccccc3OC(C)(C)C2(C)O)C(=N)N1. The van der Waals surface area contributed by atoms with Crippen molar-refractivity contribution in [3.8, 4) is 18.1 Å². The first-order valence-electron chi connectivity index (χ1n) is 13.4. The predicted molar refractivity (Wildman–Crippen MR) is 145 cm³/mol. The highest BCUT2D eigenvalue weighted by molar-refractivity contribution is 6.00. The second-order valence-electron chi connectivity index (χ2n) is 11.6. The second-order valence-corrected chi connectivity index (χ2v) is 11.6. The van der Waals surface area contributed by atoms with Crippen LogP contribution in [0, 0.1) is 35.4 Å². The van der Waals surface area contributed by atoms with E-state index in [4.69, 9.17) is 16.6 Å². The zero-order valence-corrected chi connectivity index (χ0v) is 23.0. The molecule has 210 valence electrons. The summed E-state index contributed by atoms with van der Waals surface area (Å²) in [4.78, 5) is 32.4. The molecule has 40 heavy (non-hydrogen) atoms. The highest BCUT2D eigenvalue weighted by Crippen LogP contribution is 2.52. The normalized spacial score (nSPS) is 31.2. The van der Waals surface area contributed by atoms with E-state index >= 15 is 0 Å². The van der Waals surface area contributed by atoms with E-state index in [1.807, 2.05) is 19.1 Å². The van der Waals surface area contributed by atoms with Crippen LogP contribution in [0.2, 0.25) is 0 Å². The largest absolute Gasteiger partial charge is 0.484 e. The highest BCUT2D eigenvalue weighted by atomic mass is 19.1. The molecule has 1 aromatic carbocycles. The Balaban J connectivity index is 1.44. The van der Waals surface area contributed by atoms with Crippen molar-refractivity contribution in [1.29, 1.82) is 5.41 Å². The van der Waals surface area contributed by atoms with Gasteiger partial charge in [0.15, 0.2) is 5.96 Å². The van der Waals surface area contributed by atoms with Crippen LogP contribution in [0.3, 0.4) is 0 Å². The number of nitrogens with zero attached hydrogens (tertiary/aromatic N) is 2. The molecule has 1 saturated heterocycles. The number of para-hydroxylation sites is 1. The summed E-state index contributed by atoms with van der Waals surface area (Å²) >= 11 is 0. The molecule has 0 bridgehead atoms. The summed E-state index contributed by atoms with van der Waals surface area (Å²) in [5.74, 6) is 0.744. The number of aliphatic hydroxyl groups is 1. The molecule has 4 N–H and O–H groups in total. The summed E-state index contributed by atoms with van der Waals surface area (Å²) in [6, 6.07) is 6.96. The number of hydrogen-bond donors (Lipinski definition) is 4. The van der Waals surface area contributed by atoms with Crippen LogP contribution in [-0.2, 0) is 9.59 Å². The van der Waals surface area contributed by atoms with Gasteiger partial charge in [-0.15, -0.1) is 6.42 Å². The Hall–Kier alpha value is -3.97. The van der Waals surface area contributed by atoms with Gasteiger partial charge in [0, 0.05) is 17.7 Å². The van der Waals surface area contributed by atoms with E-state index in [2.05, 4.69) is 21.5 Å². The fraction of sp³-hybridized carbons (Fsp3) is 0.467. The Morgan fingerprint density at radius 3 is 2.75 bits per heavy atom. The Labute approximate surface area is 233 Å². The number of fused-ring (bicyclic) bond motifs is 1. The number of ether oxygens (including phenoxy) is 1. The number of halogens is 1. The average molecular weight is 548 g/mol. The summed E-state index contributed by atoms with van der Waals surface area (Å²) in [7, 11) is 0. The van der Waals surface area contributed by atoms with Gasteiger partial charge in [-0.25, -0.2) is 4.39 Å². The first-order chi connectivity index (χ1) is 18.8. The number of hydrogen-bond acceptors (Lipinski definition) is 6. The van der Waals surface area contributed by atoms with Gasteiger partial charge in [0.05, 0.1) is 24.7 Å². The maximum atomic E-state index is 14.3. The van der Waals surface area contributed by atoms with Crippen LogP contribution in [-0.4, -0.2) is 49.5 Å². The zero-order valence-electron chi connectivity index (χ0n) is 23.0. The quantitative estimate of drug-likeness (QED) is 0.412. The molecule has 0 radical (unpaired) electrons. The fourth-order valence-corrected chi connectivity index (χ4v) is 5.85. The van der Waals surface area contributed by atoms with Crippen molar-refractivity contribution in [3.63, 3.8) is 0 Å². The van der Waals surface area contributed by atoms with Crippen molar-refractivity contribution in [3.05, 3.63) is 59.7 Å². The first kappa shape index (κ1) is 27.6. The summed E-state index contributed by atoms with van der Waals surface area (Å²) in [6.45, 7) is 7.00. The van der Waals surface area contributed by atoms with E-state index in [-0.39, 0.29) is 24.2 Å². The number of carbonyl (C=O) groups excluding carboxylic acids is 2. The van der Waals surface area contributed by atoms with Gasteiger partial charge in [-0.05, 0) is 57.2 Å². The topological polar surface area (TPSA) is 128 Å². The number of aromatic nitrogens is 1. The van der Waals surface area contributed by atoms with Crippen molar-refractivity contribution in [2.24, 2.45) is 11.8 Å². The average Bonchev–Trinajstić information content (AvgIpc) is 3.69. The number of nitrogens with one attached hydrogen (secondary N) is 3. The molecular weight excluding hydrogens is 513 g/mol. The Kier molecular flexibility index (Phi) is 6.62. The molecule has 2 amide bonds. The summed E-state index contributed by atoms with van der Waals surface area (Å²) in [5.41, 5.74) is -2.38. The van der Waals surface area contributed by atoms with Crippen LogP contribution < -0.4 is 15.4 Å². The third-order valence-electron chi connectivity index (χ3n) is 8.79. The van der Waals surface area contributed by atoms with Crippen LogP contribution in [0.5, 0.6) is 5.75 Å². The van der Waals surface area contributed by atoms with Crippen molar-refractivity contribution >= 4 is 17.8 Å². The van der Waals surface area contributed by atoms with Gasteiger partial charge >= 0.3 is 0 Å².